The zero-order valence-electron chi connectivity index (χ0n) is 13.6. The van der Waals surface area contributed by atoms with E-state index in [1.807, 2.05) is 0 Å². The number of anilines is 1. The molecule has 1 aliphatic heterocycles. The number of nitrogens with zero attached hydrogens (tertiary/aromatic N) is 2. The zero-order chi connectivity index (χ0) is 21.3. The first kappa shape index (κ1) is 23.3. The summed E-state index contributed by atoms with van der Waals surface area (Å²) in [5.41, 5.74) is 4.58. The fourth-order valence-corrected chi connectivity index (χ4v) is 5.18. The Hall–Kier alpha value is -0.990. The fourth-order valence-electron chi connectivity index (χ4n) is 2.15. The van der Waals surface area contributed by atoms with Gasteiger partial charge in [0.2, 0.25) is 0 Å². The Morgan fingerprint density at radius 2 is 1.86 bits per heavy atom. The van der Waals surface area contributed by atoms with E-state index in [1.54, 1.807) is 0 Å². The van der Waals surface area contributed by atoms with Crippen LogP contribution in [0.4, 0.5) is 5.82 Å². The molecule has 2 heterocycles. The molecule has 5 atom stereocenters. The average molecular weight is 468 g/mol. The number of aliphatic hydroxyl groups is 1. The smallest absolute Gasteiger partial charge is 0.390 e. The molecule has 7 N–H and O–H groups in total. The molecule has 160 valence electrons. The molecule has 0 saturated carbocycles. The number of hydrogen-bond acceptors (Lipinski definition) is 11. The van der Waals surface area contributed by atoms with Crippen LogP contribution in [0.5, 0.6) is 0 Å². The van der Waals surface area contributed by atoms with Gasteiger partial charge in [-0.3, -0.25) is 9.09 Å². The summed E-state index contributed by atoms with van der Waals surface area (Å²) < 4.78 is 51.2. The molecule has 0 aromatic carbocycles. The van der Waals surface area contributed by atoms with Crippen molar-refractivity contribution in [3.05, 3.63) is 22.7 Å². The molecule has 0 amide bonds. The van der Waals surface area contributed by atoms with Crippen molar-refractivity contribution in [2.24, 2.45) is 0 Å². The third-order valence-electron chi connectivity index (χ3n) is 3.18. The molecule has 0 aliphatic carbocycles. The fraction of sp³-hybridized carbons (Fsp3) is 0.556. The van der Waals surface area contributed by atoms with Crippen LogP contribution in [0.25, 0.3) is 0 Å². The van der Waals surface area contributed by atoms with Crippen LogP contribution < -0.4 is 11.4 Å². The third kappa shape index (κ3) is 6.81. The largest absolute Gasteiger partial charge is 0.490 e. The molecule has 19 heteroatoms. The van der Waals surface area contributed by atoms with Crippen LogP contribution >= 0.6 is 23.5 Å². The summed E-state index contributed by atoms with van der Waals surface area (Å²) in [6.07, 6.45) is -2.42. The second kappa shape index (κ2) is 8.40. The standard InChI is InChI=1S/C9H16N3O13P3/c10-7-1-2-12(9(14)11-7)8-3-5(13)6(23-8)4-22-27(18,19)25-28(20,21)24-26(15,16)17/h1-2,5-6,8,13H,3-4H2,(H,18,19)(H,20,21)(H2,10,11,14)(H2,15,16,17)/t5-,6+,8?/m0/s1/i27+1. The van der Waals surface area contributed by atoms with Crippen LogP contribution in [-0.2, 0) is 31.6 Å². The highest BCUT2D eigenvalue weighted by atomic mass is 32.2. The lowest BCUT2D eigenvalue weighted by Gasteiger charge is -2.19. The topological polar surface area (TPSA) is 250 Å². The second-order valence-corrected chi connectivity index (χ2v) is 9.78. The van der Waals surface area contributed by atoms with Gasteiger partial charge in [0.15, 0.2) is 0 Å². The molecular formula is C9H16N3O13P3. The van der Waals surface area contributed by atoms with Crippen LogP contribution in [0.3, 0.4) is 0 Å². The number of hydrogen-bond donors (Lipinski definition) is 6. The highest BCUT2D eigenvalue weighted by Gasteiger charge is 2.42. The molecule has 3 unspecified atom stereocenters. The lowest BCUT2D eigenvalue weighted by molar-refractivity contribution is -0.0449. The number of ether oxygens (including phenoxy) is 1. The first-order valence-corrected chi connectivity index (χ1v) is 11.7. The Labute approximate surface area is 155 Å². The van der Waals surface area contributed by atoms with Crippen molar-refractivity contribution in [3.8, 4) is 0 Å². The van der Waals surface area contributed by atoms with Gasteiger partial charge >= 0.3 is 29.2 Å². The minimum atomic E-state index is -5.65. The van der Waals surface area contributed by atoms with E-state index in [4.69, 9.17) is 25.2 Å². The van der Waals surface area contributed by atoms with Gasteiger partial charge in [0, 0.05) is 12.6 Å². The summed E-state index contributed by atoms with van der Waals surface area (Å²) in [7, 11) is -16.5. The summed E-state index contributed by atoms with van der Waals surface area (Å²) in [6.45, 7) is -0.849. The number of phosphoric acid groups is 3. The molecule has 2 rings (SSSR count). The average Bonchev–Trinajstić information content (AvgIpc) is 2.82. The Morgan fingerprint density at radius 3 is 2.43 bits per heavy atom. The lowest BCUT2D eigenvalue weighted by atomic mass is 10.2. The Morgan fingerprint density at radius 1 is 1.21 bits per heavy atom. The highest BCUT2D eigenvalue weighted by molar-refractivity contribution is 7.66. The van der Waals surface area contributed by atoms with Crippen LogP contribution in [0.1, 0.15) is 12.6 Å². The SMILES string of the molecule is Nc1ccn(C2C[C@H](O)[C@@H](CO[32P](=O)(O)OP(=O)(O)OP(=O)(O)O)O2)c(=O)n1. The van der Waals surface area contributed by atoms with E-state index in [0.29, 0.717) is 0 Å². The monoisotopic (exact) mass is 468 g/mol. The molecule has 0 radical (unpaired) electrons. The van der Waals surface area contributed by atoms with Gasteiger partial charge in [0.1, 0.15) is 18.1 Å². The molecule has 0 spiro atoms. The molecule has 1 aliphatic rings. The summed E-state index contributed by atoms with van der Waals surface area (Å²) in [5, 5.41) is 9.94. The summed E-state index contributed by atoms with van der Waals surface area (Å²) in [5.74, 6) is -0.0380. The summed E-state index contributed by atoms with van der Waals surface area (Å²) >= 11 is 0. The molecule has 16 nitrogen and oxygen atoms in total. The first-order valence-electron chi connectivity index (χ1n) is 7.14. The van der Waals surface area contributed by atoms with E-state index in [0.717, 1.165) is 4.57 Å². The van der Waals surface area contributed by atoms with Gasteiger partial charge in [0.25, 0.3) is 0 Å². The summed E-state index contributed by atoms with van der Waals surface area (Å²) in [4.78, 5) is 50.5. The van der Waals surface area contributed by atoms with Crippen molar-refractivity contribution >= 4 is 29.3 Å². The lowest BCUT2D eigenvalue weighted by Crippen LogP contribution is -2.28. The van der Waals surface area contributed by atoms with Crippen LogP contribution in [0.15, 0.2) is 17.1 Å². The van der Waals surface area contributed by atoms with Gasteiger partial charge < -0.3 is 35.2 Å². The maximum absolute atomic E-state index is 11.8. The molecule has 1 fully saturated rings. The van der Waals surface area contributed by atoms with Crippen LogP contribution in [0, 0.1) is 0 Å². The van der Waals surface area contributed by atoms with Gasteiger partial charge in [-0.15, -0.1) is 0 Å². The zero-order valence-corrected chi connectivity index (χ0v) is 16.3. The highest BCUT2D eigenvalue weighted by Crippen LogP contribution is 2.66. The van der Waals surface area contributed by atoms with Gasteiger partial charge in [-0.25, -0.2) is 18.5 Å². The molecular weight excluding hydrogens is 452 g/mol. The minimum Gasteiger partial charge on any atom is -0.390 e. The van der Waals surface area contributed by atoms with Crippen molar-refractivity contribution in [2.45, 2.75) is 24.9 Å². The second-order valence-electron chi connectivity index (χ2n) is 5.36. The number of rotatable bonds is 8. The van der Waals surface area contributed by atoms with E-state index >= 15 is 0 Å². The van der Waals surface area contributed by atoms with E-state index in [-0.39, 0.29) is 12.2 Å². The number of nitrogens with two attached hydrogens (primary N) is 1. The molecule has 0 bridgehead atoms. The van der Waals surface area contributed by atoms with Crippen molar-refractivity contribution in [1.29, 1.82) is 0 Å². The van der Waals surface area contributed by atoms with Crippen molar-refractivity contribution < 1.29 is 56.3 Å². The van der Waals surface area contributed by atoms with E-state index in [1.165, 1.54) is 12.3 Å². The van der Waals surface area contributed by atoms with Gasteiger partial charge in [-0.2, -0.15) is 13.6 Å². The van der Waals surface area contributed by atoms with E-state index in [2.05, 4.69) is 18.1 Å². The van der Waals surface area contributed by atoms with Crippen molar-refractivity contribution in [1.82, 2.24) is 9.55 Å². The number of phosphoric ester groups is 1. The van der Waals surface area contributed by atoms with Crippen molar-refractivity contribution in [3.63, 3.8) is 0 Å². The van der Waals surface area contributed by atoms with E-state index in [9.17, 15) is 28.5 Å². The molecule has 1 saturated heterocycles. The predicted octanol–water partition coefficient (Wildman–Crippen LogP) is -1.18. The van der Waals surface area contributed by atoms with Gasteiger partial charge in [-0.05, 0) is 6.07 Å². The molecule has 28 heavy (non-hydrogen) atoms. The predicted molar refractivity (Wildman–Crippen MR) is 87.3 cm³/mol. The summed E-state index contributed by atoms with van der Waals surface area (Å²) in [6, 6.07) is 1.30. The molecule has 1 aromatic heterocycles. The number of aliphatic hydroxyl groups excluding tert-OH is 1. The maximum Gasteiger partial charge on any atom is 0.490 e. The number of nitrogen functional groups attached to an aromatic ring is 1. The Kier molecular flexibility index (Phi) is 6.99. The van der Waals surface area contributed by atoms with Gasteiger partial charge in [-0.1, -0.05) is 0 Å². The maximum atomic E-state index is 11.8. The van der Waals surface area contributed by atoms with Crippen molar-refractivity contribution in [2.75, 3.05) is 12.3 Å². The molecule has 1 aromatic rings. The Balaban J connectivity index is 1.98. The quantitative estimate of drug-likeness (QED) is 0.246. The minimum absolute atomic E-state index is 0.0380. The normalized spacial score (nSPS) is 27.2. The van der Waals surface area contributed by atoms with Crippen LogP contribution in [-0.4, -0.2) is 53.0 Å². The van der Waals surface area contributed by atoms with Crippen LogP contribution in [0.2, 0.25) is 0 Å². The van der Waals surface area contributed by atoms with Gasteiger partial charge in [0.05, 0.1) is 12.7 Å². The third-order valence-corrected chi connectivity index (χ3v) is 6.99. The van der Waals surface area contributed by atoms with E-state index < -0.39 is 54.2 Å². The Bertz CT molecular complexity index is 914. The number of aromatic nitrogens is 2. The first-order chi connectivity index (χ1) is 12.7.